The lowest BCUT2D eigenvalue weighted by Crippen LogP contribution is -2.44. The van der Waals surface area contributed by atoms with Crippen molar-refractivity contribution in [3.8, 4) is 11.5 Å². The minimum Gasteiger partial charge on any atom is -0.543 e. The highest BCUT2D eigenvalue weighted by atomic mass is 32.2. The van der Waals surface area contributed by atoms with E-state index in [0.29, 0.717) is 10.8 Å². The van der Waals surface area contributed by atoms with Crippen LogP contribution in [0.25, 0.3) is 0 Å². The molecule has 1 aliphatic carbocycles. The third-order valence-corrected chi connectivity index (χ3v) is 19.1. The third-order valence-electron chi connectivity index (χ3n) is 8.88. The van der Waals surface area contributed by atoms with Crippen LogP contribution in [0.15, 0.2) is 53.4 Å². The molecule has 0 aromatic heterocycles. The van der Waals surface area contributed by atoms with Gasteiger partial charge in [-0.2, -0.15) is 0 Å². The average Bonchev–Trinajstić information content (AvgIpc) is 2.78. The molecule has 0 amide bonds. The predicted molar refractivity (Wildman–Crippen MR) is 164 cm³/mol. The smallest absolute Gasteiger partial charge is 0.250 e. The molecule has 0 heterocycles. The summed E-state index contributed by atoms with van der Waals surface area (Å²) in [6, 6.07) is 15.0. The normalized spacial score (nSPS) is 19.7. The van der Waals surface area contributed by atoms with E-state index in [1.165, 1.54) is 5.56 Å². The molecule has 8 heteroatoms. The standard InChI is InChI=1S/C30H49NO4SSi2/c1-29(2,3)37(7,8)34-25-20-21-27(28(22-25)35-38(9,10)30(4,5)6)23-16-18-24(19-17-23)31-36(32,33)26-14-12-11-13-15-26/h11-15,20-24,31H,16-19H2,1-10H3/t23-,24-. The van der Waals surface area contributed by atoms with Crippen molar-refractivity contribution in [2.24, 2.45) is 0 Å². The molecule has 212 valence electrons. The number of benzene rings is 2. The van der Waals surface area contributed by atoms with Crippen LogP contribution in [0, 0.1) is 0 Å². The van der Waals surface area contributed by atoms with Crippen LogP contribution in [0.4, 0.5) is 0 Å². The highest BCUT2D eigenvalue weighted by Gasteiger charge is 2.41. The molecule has 2 aromatic carbocycles. The number of hydrogen-bond donors (Lipinski definition) is 1. The molecule has 0 unspecified atom stereocenters. The van der Waals surface area contributed by atoms with E-state index in [9.17, 15) is 8.42 Å². The second-order valence-corrected chi connectivity index (χ2v) is 25.1. The van der Waals surface area contributed by atoms with Crippen molar-refractivity contribution < 1.29 is 17.3 Å². The topological polar surface area (TPSA) is 64.6 Å². The third kappa shape index (κ3) is 7.31. The fourth-order valence-corrected chi connectivity index (χ4v) is 7.67. The SMILES string of the molecule is CC(C)(C)[Si](C)(C)Oc1ccc([C@H]2CC[C@H](NS(=O)(=O)c3ccccc3)CC2)c(O[Si](C)(C)C(C)(C)C)c1. The average molecular weight is 576 g/mol. The quantitative estimate of drug-likeness (QED) is 0.321. The zero-order chi connectivity index (χ0) is 28.6. The van der Waals surface area contributed by atoms with Gasteiger partial charge >= 0.3 is 0 Å². The fourth-order valence-electron chi connectivity index (χ4n) is 4.29. The van der Waals surface area contributed by atoms with E-state index in [-0.39, 0.29) is 16.1 Å². The largest absolute Gasteiger partial charge is 0.543 e. The Balaban J connectivity index is 1.83. The van der Waals surface area contributed by atoms with Crippen molar-refractivity contribution >= 4 is 26.7 Å². The van der Waals surface area contributed by atoms with Gasteiger partial charge in [0.2, 0.25) is 26.7 Å². The molecule has 38 heavy (non-hydrogen) atoms. The summed E-state index contributed by atoms with van der Waals surface area (Å²) in [5.41, 5.74) is 1.22. The first-order valence-electron chi connectivity index (χ1n) is 13.9. The number of sulfonamides is 1. The predicted octanol–water partition coefficient (Wildman–Crippen LogP) is 8.46. The summed E-state index contributed by atoms with van der Waals surface area (Å²) in [6.45, 7) is 22.7. The number of rotatable bonds is 8. The van der Waals surface area contributed by atoms with Crippen LogP contribution < -0.4 is 13.6 Å². The summed E-state index contributed by atoms with van der Waals surface area (Å²) in [4.78, 5) is 0.324. The minimum atomic E-state index is -3.51. The van der Waals surface area contributed by atoms with E-state index in [4.69, 9.17) is 8.85 Å². The van der Waals surface area contributed by atoms with Gasteiger partial charge in [-0.1, -0.05) is 65.8 Å². The Bertz CT molecular complexity index is 1190. The Morgan fingerprint density at radius 2 is 1.29 bits per heavy atom. The summed E-state index contributed by atoms with van der Waals surface area (Å²) in [5, 5.41) is 0.186. The van der Waals surface area contributed by atoms with Crippen LogP contribution in [-0.2, 0) is 10.0 Å². The number of nitrogens with one attached hydrogen (secondary N) is 1. The maximum atomic E-state index is 12.8. The van der Waals surface area contributed by atoms with Gasteiger partial charge in [-0.3, -0.25) is 0 Å². The van der Waals surface area contributed by atoms with Crippen molar-refractivity contribution in [3.63, 3.8) is 0 Å². The summed E-state index contributed by atoms with van der Waals surface area (Å²) in [5.74, 6) is 2.16. The zero-order valence-electron chi connectivity index (χ0n) is 25.1. The van der Waals surface area contributed by atoms with Crippen molar-refractivity contribution in [1.29, 1.82) is 0 Å². The van der Waals surface area contributed by atoms with Gasteiger partial charge in [-0.25, -0.2) is 13.1 Å². The molecule has 0 atom stereocenters. The Morgan fingerprint density at radius 1 is 0.763 bits per heavy atom. The summed E-state index contributed by atoms with van der Waals surface area (Å²) in [7, 11) is -7.58. The van der Waals surface area contributed by atoms with Crippen molar-refractivity contribution in [2.45, 2.75) is 120 Å². The molecule has 0 aliphatic heterocycles. The van der Waals surface area contributed by atoms with Gasteiger partial charge in [0.15, 0.2) is 0 Å². The van der Waals surface area contributed by atoms with Crippen LogP contribution in [0.5, 0.6) is 11.5 Å². The van der Waals surface area contributed by atoms with E-state index in [1.807, 2.05) is 6.07 Å². The Hall–Kier alpha value is -1.62. The van der Waals surface area contributed by atoms with Gasteiger partial charge in [0.05, 0.1) is 4.90 Å². The molecule has 3 rings (SSSR count). The lowest BCUT2D eigenvalue weighted by Gasteiger charge is -2.39. The molecule has 0 spiro atoms. The monoisotopic (exact) mass is 575 g/mol. The van der Waals surface area contributed by atoms with Crippen LogP contribution in [0.2, 0.25) is 36.3 Å². The molecule has 1 saturated carbocycles. The van der Waals surface area contributed by atoms with Crippen molar-refractivity contribution in [2.75, 3.05) is 0 Å². The highest BCUT2D eigenvalue weighted by Crippen LogP contribution is 2.45. The zero-order valence-corrected chi connectivity index (χ0v) is 28.0. The molecule has 2 aromatic rings. The van der Waals surface area contributed by atoms with Crippen LogP contribution >= 0.6 is 0 Å². The fraction of sp³-hybridized carbons (Fsp3) is 0.600. The lowest BCUT2D eigenvalue weighted by molar-refractivity contribution is 0.367. The first-order valence-corrected chi connectivity index (χ1v) is 21.2. The Kier molecular flexibility index (Phi) is 9.03. The van der Waals surface area contributed by atoms with Crippen LogP contribution in [-0.4, -0.2) is 31.1 Å². The van der Waals surface area contributed by atoms with Gasteiger partial charge < -0.3 is 8.85 Å². The number of hydrogen-bond acceptors (Lipinski definition) is 4. The van der Waals surface area contributed by atoms with Gasteiger partial charge in [-0.05, 0) is 91.6 Å². The molecule has 5 nitrogen and oxygen atoms in total. The first kappa shape index (κ1) is 30.9. The Morgan fingerprint density at radius 3 is 1.82 bits per heavy atom. The van der Waals surface area contributed by atoms with E-state index in [1.54, 1.807) is 24.3 Å². The minimum absolute atomic E-state index is 0.0533. The maximum Gasteiger partial charge on any atom is 0.250 e. The highest BCUT2D eigenvalue weighted by molar-refractivity contribution is 7.89. The van der Waals surface area contributed by atoms with E-state index in [0.717, 1.165) is 37.2 Å². The Labute approximate surface area is 234 Å². The van der Waals surface area contributed by atoms with Gasteiger partial charge in [-0.15, -0.1) is 0 Å². The maximum absolute atomic E-state index is 12.8. The van der Waals surface area contributed by atoms with Gasteiger partial charge in [0, 0.05) is 12.1 Å². The summed E-state index contributed by atoms with van der Waals surface area (Å²) in [6.07, 6.45) is 3.44. The molecular weight excluding hydrogens is 527 g/mol. The second kappa shape index (κ2) is 11.1. The molecule has 1 fully saturated rings. The van der Waals surface area contributed by atoms with Crippen LogP contribution in [0.1, 0.15) is 78.7 Å². The van der Waals surface area contributed by atoms with E-state index >= 15 is 0 Å². The molecule has 1 N–H and O–H groups in total. The van der Waals surface area contributed by atoms with E-state index < -0.39 is 26.7 Å². The summed E-state index contributed by atoms with van der Waals surface area (Å²) < 4.78 is 42.2. The van der Waals surface area contributed by atoms with Crippen molar-refractivity contribution in [1.82, 2.24) is 4.72 Å². The van der Waals surface area contributed by atoms with Gasteiger partial charge in [0.25, 0.3) is 0 Å². The van der Waals surface area contributed by atoms with Gasteiger partial charge in [0.1, 0.15) is 11.5 Å². The lowest BCUT2D eigenvalue weighted by atomic mass is 9.81. The molecular formula is C30H49NO4SSi2. The summed E-state index contributed by atoms with van der Waals surface area (Å²) >= 11 is 0. The van der Waals surface area contributed by atoms with Crippen molar-refractivity contribution in [3.05, 3.63) is 54.1 Å². The molecule has 1 aliphatic rings. The molecule has 0 bridgehead atoms. The van der Waals surface area contributed by atoms with E-state index in [2.05, 4.69) is 90.7 Å². The second-order valence-electron chi connectivity index (χ2n) is 13.9. The molecule has 0 saturated heterocycles. The first-order chi connectivity index (χ1) is 17.3. The molecule has 0 radical (unpaired) electrons. The van der Waals surface area contributed by atoms with Crippen LogP contribution in [0.3, 0.4) is 0 Å².